The molecule has 0 amide bonds. The van der Waals surface area contributed by atoms with Crippen molar-refractivity contribution in [3.05, 3.63) is 12.2 Å². The Hall–Kier alpha value is -0.340. The second-order valence-corrected chi connectivity index (χ2v) is 4.55. The van der Waals surface area contributed by atoms with Gasteiger partial charge in [-0.25, -0.2) is 0 Å². The molecule has 2 heteroatoms. The largest absolute Gasteiger partial charge is 0.374 e. The molecule has 88 valence electrons. The van der Waals surface area contributed by atoms with Crippen LogP contribution >= 0.6 is 0 Å². The molecule has 1 N–H and O–H groups in total. The van der Waals surface area contributed by atoms with Crippen molar-refractivity contribution in [3.63, 3.8) is 0 Å². The minimum absolute atomic E-state index is 0.398. The van der Waals surface area contributed by atoms with E-state index in [0.29, 0.717) is 6.10 Å². The van der Waals surface area contributed by atoms with Gasteiger partial charge in [0.05, 0.1) is 6.10 Å². The molecule has 0 aromatic rings. The summed E-state index contributed by atoms with van der Waals surface area (Å²) in [5.74, 6) is 0.769. The topological polar surface area (TPSA) is 21.3 Å². The van der Waals surface area contributed by atoms with Crippen LogP contribution in [0.5, 0.6) is 0 Å². The van der Waals surface area contributed by atoms with E-state index in [1.165, 1.54) is 32.1 Å². The van der Waals surface area contributed by atoms with Gasteiger partial charge in [0.25, 0.3) is 0 Å². The molecule has 0 saturated heterocycles. The van der Waals surface area contributed by atoms with Gasteiger partial charge in [-0.3, -0.25) is 0 Å². The van der Waals surface area contributed by atoms with Gasteiger partial charge in [0, 0.05) is 6.61 Å². The molecule has 0 aromatic heterocycles. The zero-order chi connectivity index (χ0) is 10.9. The van der Waals surface area contributed by atoms with E-state index in [4.69, 9.17) is 4.74 Å². The van der Waals surface area contributed by atoms with Gasteiger partial charge >= 0.3 is 0 Å². The third kappa shape index (κ3) is 5.95. The van der Waals surface area contributed by atoms with Crippen molar-refractivity contribution in [2.75, 3.05) is 20.2 Å². The van der Waals surface area contributed by atoms with E-state index in [0.717, 1.165) is 19.1 Å². The second-order valence-electron chi connectivity index (χ2n) is 4.55. The van der Waals surface area contributed by atoms with E-state index in [9.17, 15) is 0 Å². The van der Waals surface area contributed by atoms with Crippen LogP contribution < -0.4 is 5.32 Å². The van der Waals surface area contributed by atoms with Crippen LogP contribution in [-0.4, -0.2) is 26.3 Å². The van der Waals surface area contributed by atoms with Crippen LogP contribution in [0.1, 0.15) is 39.0 Å². The van der Waals surface area contributed by atoms with Gasteiger partial charge in [0.15, 0.2) is 0 Å². The van der Waals surface area contributed by atoms with Crippen molar-refractivity contribution in [3.8, 4) is 0 Å². The monoisotopic (exact) mass is 211 g/mol. The zero-order valence-corrected chi connectivity index (χ0v) is 10.2. The van der Waals surface area contributed by atoms with Gasteiger partial charge in [0.2, 0.25) is 0 Å². The minimum Gasteiger partial charge on any atom is -0.374 e. The summed E-state index contributed by atoms with van der Waals surface area (Å²) in [6.07, 6.45) is 11.0. The molecule has 0 spiro atoms. The first-order chi connectivity index (χ1) is 7.33. The third-order valence-electron chi connectivity index (χ3n) is 3.04. The molecule has 0 aliphatic heterocycles. The fourth-order valence-electron chi connectivity index (χ4n) is 1.88. The number of rotatable bonds is 7. The molecular weight excluding hydrogens is 186 g/mol. The fraction of sp³-hybridized carbons (Fsp3) is 0.846. The predicted molar refractivity (Wildman–Crippen MR) is 65.1 cm³/mol. The molecule has 1 rings (SSSR count). The first-order valence-corrected chi connectivity index (χ1v) is 6.25. The Bertz CT molecular complexity index is 179. The summed E-state index contributed by atoms with van der Waals surface area (Å²) >= 11 is 0. The number of allylic oxidation sites excluding steroid dienone is 1. The lowest BCUT2D eigenvalue weighted by Gasteiger charge is -2.18. The Kier molecular flexibility index (Phi) is 6.69. The van der Waals surface area contributed by atoms with Crippen molar-refractivity contribution < 1.29 is 4.74 Å². The Labute approximate surface area is 94.1 Å². The maximum atomic E-state index is 5.83. The molecule has 0 radical (unpaired) electrons. The fourth-order valence-corrected chi connectivity index (χ4v) is 1.88. The standard InChI is InChI=1S/C13H25NO/c1-12(8-10-14-2)9-11-15-13-6-4-3-5-7-13/h4,6,12-14H,3,5,7-11H2,1-2H3/t12-,13?/m1/s1. The van der Waals surface area contributed by atoms with E-state index in [-0.39, 0.29) is 0 Å². The Morgan fingerprint density at radius 3 is 3.00 bits per heavy atom. The van der Waals surface area contributed by atoms with Gasteiger partial charge in [-0.15, -0.1) is 0 Å². The average molecular weight is 211 g/mol. The van der Waals surface area contributed by atoms with Gasteiger partial charge < -0.3 is 10.1 Å². The summed E-state index contributed by atoms with van der Waals surface area (Å²) in [4.78, 5) is 0. The molecule has 0 bridgehead atoms. The lowest BCUT2D eigenvalue weighted by atomic mass is 10.0. The number of nitrogens with one attached hydrogen (secondary N) is 1. The lowest BCUT2D eigenvalue weighted by molar-refractivity contribution is 0.0660. The van der Waals surface area contributed by atoms with E-state index < -0.39 is 0 Å². The summed E-state index contributed by atoms with van der Waals surface area (Å²) in [5, 5.41) is 3.19. The van der Waals surface area contributed by atoms with Crippen molar-refractivity contribution in [2.45, 2.75) is 45.1 Å². The van der Waals surface area contributed by atoms with Crippen molar-refractivity contribution in [2.24, 2.45) is 5.92 Å². The third-order valence-corrected chi connectivity index (χ3v) is 3.04. The first kappa shape index (κ1) is 12.7. The van der Waals surface area contributed by atoms with Crippen LogP contribution in [-0.2, 0) is 4.74 Å². The Morgan fingerprint density at radius 1 is 1.47 bits per heavy atom. The van der Waals surface area contributed by atoms with Crippen LogP contribution in [0.4, 0.5) is 0 Å². The van der Waals surface area contributed by atoms with Gasteiger partial charge in [-0.1, -0.05) is 19.1 Å². The molecule has 0 fully saturated rings. The Balaban J connectivity index is 1.99. The van der Waals surface area contributed by atoms with Crippen molar-refractivity contribution in [1.82, 2.24) is 5.32 Å². The summed E-state index contributed by atoms with van der Waals surface area (Å²) in [6.45, 7) is 4.34. The predicted octanol–water partition coefficient (Wildman–Crippen LogP) is 2.75. The quantitative estimate of drug-likeness (QED) is 0.654. The van der Waals surface area contributed by atoms with Crippen LogP contribution in [0, 0.1) is 5.92 Å². The molecule has 1 unspecified atom stereocenters. The highest BCUT2D eigenvalue weighted by molar-refractivity contribution is 4.94. The van der Waals surface area contributed by atoms with Crippen LogP contribution in [0.25, 0.3) is 0 Å². The molecule has 1 aliphatic rings. The maximum absolute atomic E-state index is 5.83. The molecule has 1 aliphatic carbocycles. The summed E-state index contributed by atoms with van der Waals surface area (Å²) < 4.78 is 5.83. The minimum atomic E-state index is 0.398. The molecule has 0 heterocycles. The van der Waals surface area contributed by atoms with Gasteiger partial charge in [0.1, 0.15) is 0 Å². The number of ether oxygens (including phenoxy) is 1. The molecule has 2 atom stereocenters. The van der Waals surface area contributed by atoms with Crippen molar-refractivity contribution >= 4 is 0 Å². The maximum Gasteiger partial charge on any atom is 0.0755 e. The first-order valence-electron chi connectivity index (χ1n) is 6.25. The molecule has 0 saturated carbocycles. The highest BCUT2D eigenvalue weighted by Crippen LogP contribution is 2.15. The summed E-state index contributed by atoms with van der Waals surface area (Å²) in [6, 6.07) is 0. The van der Waals surface area contributed by atoms with Crippen LogP contribution in [0.3, 0.4) is 0 Å². The summed E-state index contributed by atoms with van der Waals surface area (Å²) in [7, 11) is 2.01. The van der Waals surface area contributed by atoms with E-state index in [1.54, 1.807) is 0 Å². The smallest absolute Gasteiger partial charge is 0.0755 e. The van der Waals surface area contributed by atoms with Gasteiger partial charge in [-0.2, -0.15) is 0 Å². The number of hydrogen-bond donors (Lipinski definition) is 1. The second kappa shape index (κ2) is 7.89. The molecule has 0 aromatic carbocycles. The highest BCUT2D eigenvalue weighted by Gasteiger charge is 2.09. The molecular formula is C13H25NO. The Morgan fingerprint density at radius 2 is 2.33 bits per heavy atom. The highest BCUT2D eigenvalue weighted by atomic mass is 16.5. The SMILES string of the molecule is CNCC[C@@H](C)CCOC1C=CCCC1. The van der Waals surface area contributed by atoms with Gasteiger partial charge in [-0.05, 0) is 51.6 Å². The van der Waals surface area contributed by atoms with Crippen LogP contribution in [0.2, 0.25) is 0 Å². The summed E-state index contributed by atoms with van der Waals surface area (Å²) in [5.41, 5.74) is 0. The zero-order valence-electron chi connectivity index (χ0n) is 10.2. The van der Waals surface area contributed by atoms with E-state index in [2.05, 4.69) is 24.4 Å². The van der Waals surface area contributed by atoms with E-state index >= 15 is 0 Å². The lowest BCUT2D eigenvalue weighted by Crippen LogP contribution is -2.16. The molecule has 2 nitrogen and oxygen atoms in total. The van der Waals surface area contributed by atoms with E-state index in [1.807, 2.05) is 7.05 Å². The molecule has 15 heavy (non-hydrogen) atoms. The normalized spacial score (nSPS) is 22.9. The number of hydrogen-bond acceptors (Lipinski definition) is 2. The van der Waals surface area contributed by atoms with Crippen molar-refractivity contribution in [1.29, 1.82) is 0 Å². The van der Waals surface area contributed by atoms with Crippen LogP contribution in [0.15, 0.2) is 12.2 Å². The average Bonchev–Trinajstić information content (AvgIpc) is 2.28.